The topological polar surface area (TPSA) is 89.2 Å². The zero-order valence-electron chi connectivity index (χ0n) is 17.8. The number of aryl methyl sites for hydroxylation is 3. The van der Waals surface area contributed by atoms with Gasteiger partial charge in [0.05, 0.1) is 5.39 Å². The lowest BCUT2D eigenvalue weighted by Crippen LogP contribution is -2.38. The van der Waals surface area contributed by atoms with Crippen LogP contribution in [-0.2, 0) is 25.3 Å². The maximum absolute atomic E-state index is 12.6. The fourth-order valence-electron chi connectivity index (χ4n) is 3.53. The molecule has 1 amide bonds. The van der Waals surface area contributed by atoms with E-state index in [0.717, 1.165) is 41.0 Å². The zero-order chi connectivity index (χ0) is 21.0. The molecule has 0 aliphatic heterocycles. The summed E-state index contributed by atoms with van der Waals surface area (Å²) in [6.45, 7) is 11.3. The first-order chi connectivity index (χ1) is 13.2. The molecule has 0 spiro atoms. The standard InChI is InChI=1S/C20H31N5O3/c1-7-25(8-2)12-11-21-16(26)10-9-15-13(3)17-18(22-14(15)4)23(5)20(28)24(6)19(17)27/h7-12H2,1-6H3,(H,21,26). The molecule has 8 heteroatoms. The van der Waals surface area contributed by atoms with Crippen LogP contribution in [-0.4, -0.2) is 51.1 Å². The second-order valence-electron chi connectivity index (χ2n) is 7.08. The van der Waals surface area contributed by atoms with Crippen molar-refractivity contribution in [3.8, 4) is 0 Å². The summed E-state index contributed by atoms with van der Waals surface area (Å²) in [4.78, 5) is 43.7. The van der Waals surface area contributed by atoms with Gasteiger partial charge in [-0.1, -0.05) is 13.8 Å². The van der Waals surface area contributed by atoms with Crippen molar-refractivity contribution in [2.75, 3.05) is 26.2 Å². The van der Waals surface area contributed by atoms with Crippen LogP contribution in [0.3, 0.4) is 0 Å². The van der Waals surface area contributed by atoms with E-state index in [0.29, 0.717) is 30.4 Å². The Morgan fingerprint density at radius 2 is 1.75 bits per heavy atom. The number of pyridine rings is 1. The summed E-state index contributed by atoms with van der Waals surface area (Å²) < 4.78 is 2.48. The Balaban J connectivity index is 2.21. The predicted molar refractivity (Wildman–Crippen MR) is 111 cm³/mol. The van der Waals surface area contributed by atoms with Crippen molar-refractivity contribution < 1.29 is 4.79 Å². The largest absolute Gasteiger partial charge is 0.355 e. The molecule has 154 valence electrons. The molecule has 2 aromatic rings. The monoisotopic (exact) mass is 389 g/mol. The van der Waals surface area contributed by atoms with E-state index in [9.17, 15) is 14.4 Å². The number of nitrogens with zero attached hydrogens (tertiary/aromatic N) is 4. The molecular formula is C20H31N5O3. The summed E-state index contributed by atoms with van der Waals surface area (Å²) in [6.07, 6.45) is 0.836. The molecule has 0 bridgehead atoms. The molecule has 1 N–H and O–H groups in total. The van der Waals surface area contributed by atoms with E-state index in [-0.39, 0.29) is 11.5 Å². The second-order valence-corrected chi connectivity index (χ2v) is 7.08. The van der Waals surface area contributed by atoms with Crippen LogP contribution in [0.5, 0.6) is 0 Å². The van der Waals surface area contributed by atoms with Gasteiger partial charge in [0.1, 0.15) is 5.65 Å². The third-order valence-corrected chi connectivity index (χ3v) is 5.42. The maximum Gasteiger partial charge on any atom is 0.332 e. The number of hydrogen-bond donors (Lipinski definition) is 1. The first-order valence-corrected chi connectivity index (χ1v) is 9.77. The number of fused-ring (bicyclic) bond motifs is 1. The third kappa shape index (κ3) is 4.32. The Morgan fingerprint density at radius 1 is 1.11 bits per heavy atom. The average molecular weight is 390 g/mol. The fraction of sp³-hybridized carbons (Fsp3) is 0.600. The number of aromatic nitrogens is 3. The zero-order valence-corrected chi connectivity index (χ0v) is 17.8. The lowest BCUT2D eigenvalue weighted by Gasteiger charge is -2.18. The molecule has 0 unspecified atom stereocenters. The molecule has 0 aromatic carbocycles. The molecule has 0 aliphatic carbocycles. The maximum atomic E-state index is 12.6. The van der Waals surface area contributed by atoms with E-state index in [1.54, 1.807) is 7.05 Å². The van der Waals surface area contributed by atoms with Crippen molar-refractivity contribution in [3.05, 3.63) is 37.7 Å². The lowest BCUT2D eigenvalue weighted by atomic mass is 10.00. The number of likely N-dealkylation sites (N-methyl/N-ethyl adjacent to an activating group) is 1. The van der Waals surface area contributed by atoms with Crippen molar-refractivity contribution in [2.24, 2.45) is 14.1 Å². The first kappa shape index (κ1) is 21.8. The van der Waals surface area contributed by atoms with Crippen LogP contribution in [0.2, 0.25) is 0 Å². The van der Waals surface area contributed by atoms with Gasteiger partial charge in [0, 0.05) is 39.3 Å². The molecule has 2 rings (SSSR count). The van der Waals surface area contributed by atoms with Gasteiger partial charge in [0.2, 0.25) is 5.91 Å². The number of rotatable bonds is 8. The summed E-state index contributed by atoms with van der Waals surface area (Å²) in [5, 5.41) is 3.39. The minimum Gasteiger partial charge on any atom is -0.355 e. The van der Waals surface area contributed by atoms with Crippen LogP contribution in [0.4, 0.5) is 0 Å². The van der Waals surface area contributed by atoms with Crippen molar-refractivity contribution in [3.63, 3.8) is 0 Å². The highest BCUT2D eigenvalue weighted by Crippen LogP contribution is 2.20. The Labute approximate surface area is 165 Å². The van der Waals surface area contributed by atoms with E-state index >= 15 is 0 Å². The Morgan fingerprint density at radius 3 is 2.36 bits per heavy atom. The molecule has 8 nitrogen and oxygen atoms in total. The number of carbonyl (C=O) groups is 1. The number of amides is 1. The summed E-state index contributed by atoms with van der Waals surface area (Å²) in [5.74, 6) is -0.0144. The van der Waals surface area contributed by atoms with Gasteiger partial charge in [-0.2, -0.15) is 0 Å². The van der Waals surface area contributed by atoms with Gasteiger partial charge in [0.25, 0.3) is 5.56 Å². The summed E-state index contributed by atoms with van der Waals surface area (Å²) in [7, 11) is 3.07. The van der Waals surface area contributed by atoms with E-state index in [2.05, 4.69) is 29.0 Å². The van der Waals surface area contributed by atoms with Crippen LogP contribution < -0.4 is 16.6 Å². The highest BCUT2D eigenvalue weighted by Gasteiger charge is 2.17. The Kier molecular flexibility index (Phi) is 7.12. The SMILES string of the molecule is CCN(CC)CCNC(=O)CCc1c(C)nc2c(c1C)c(=O)n(C)c(=O)n2C. The first-order valence-electron chi connectivity index (χ1n) is 9.77. The molecule has 0 saturated heterocycles. The Hall–Kier alpha value is -2.48. The summed E-state index contributed by atoms with van der Waals surface area (Å²) >= 11 is 0. The van der Waals surface area contributed by atoms with E-state index in [1.165, 1.54) is 11.6 Å². The van der Waals surface area contributed by atoms with Crippen molar-refractivity contribution in [1.82, 2.24) is 24.3 Å². The minimum absolute atomic E-state index is 0.0144. The highest BCUT2D eigenvalue weighted by atomic mass is 16.2. The summed E-state index contributed by atoms with van der Waals surface area (Å²) in [6, 6.07) is 0. The molecule has 0 radical (unpaired) electrons. The van der Waals surface area contributed by atoms with E-state index in [1.807, 2.05) is 13.8 Å². The molecule has 0 fully saturated rings. The van der Waals surface area contributed by atoms with Crippen LogP contribution in [0.1, 0.15) is 37.1 Å². The van der Waals surface area contributed by atoms with Crippen molar-refractivity contribution >= 4 is 16.9 Å². The average Bonchev–Trinajstić information content (AvgIpc) is 2.67. The molecule has 0 saturated carbocycles. The molecule has 2 aromatic heterocycles. The smallest absolute Gasteiger partial charge is 0.332 e. The quantitative estimate of drug-likeness (QED) is 0.716. The van der Waals surface area contributed by atoms with Gasteiger partial charge in [-0.15, -0.1) is 0 Å². The number of nitrogens with one attached hydrogen (secondary N) is 1. The summed E-state index contributed by atoms with van der Waals surface area (Å²) in [5.41, 5.74) is 2.05. The molecular weight excluding hydrogens is 358 g/mol. The van der Waals surface area contributed by atoms with E-state index in [4.69, 9.17) is 0 Å². The van der Waals surface area contributed by atoms with Gasteiger partial charge in [-0.25, -0.2) is 9.78 Å². The number of carbonyl (C=O) groups excluding carboxylic acids is 1. The lowest BCUT2D eigenvalue weighted by molar-refractivity contribution is -0.121. The normalized spacial score (nSPS) is 11.4. The van der Waals surface area contributed by atoms with Gasteiger partial charge in [0.15, 0.2) is 0 Å². The molecule has 0 aliphatic rings. The van der Waals surface area contributed by atoms with Crippen LogP contribution in [0.15, 0.2) is 9.59 Å². The Bertz CT molecular complexity index is 986. The third-order valence-electron chi connectivity index (χ3n) is 5.42. The van der Waals surface area contributed by atoms with Gasteiger partial charge >= 0.3 is 5.69 Å². The minimum atomic E-state index is -0.399. The van der Waals surface area contributed by atoms with Gasteiger partial charge in [-0.3, -0.25) is 18.7 Å². The second kappa shape index (κ2) is 9.14. The van der Waals surface area contributed by atoms with E-state index < -0.39 is 5.69 Å². The molecule has 2 heterocycles. The van der Waals surface area contributed by atoms with Crippen LogP contribution in [0.25, 0.3) is 11.0 Å². The fourth-order valence-corrected chi connectivity index (χ4v) is 3.53. The molecule has 0 atom stereocenters. The van der Waals surface area contributed by atoms with Crippen LogP contribution >= 0.6 is 0 Å². The van der Waals surface area contributed by atoms with Crippen LogP contribution in [0, 0.1) is 13.8 Å². The van der Waals surface area contributed by atoms with Gasteiger partial charge in [-0.05, 0) is 44.5 Å². The highest BCUT2D eigenvalue weighted by molar-refractivity contribution is 5.80. The van der Waals surface area contributed by atoms with Crippen molar-refractivity contribution in [1.29, 1.82) is 0 Å². The van der Waals surface area contributed by atoms with Gasteiger partial charge < -0.3 is 10.2 Å². The van der Waals surface area contributed by atoms with Crippen molar-refractivity contribution in [2.45, 2.75) is 40.5 Å². The molecule has 28 heavy (non-hydrogen) atoms. The number of hydrogen-bond acceptors (Lipinski definition) is 5. The predicted octanol–water partition coefficient (Wildman–Crippen LogP) is 0.640.